The Morgan fingerprint density at radius 3 is 2.40 bits per heavy atom. The molecule has 10 rings (SSSR count). The van der Waals surface area contributed by atoms with Gasteiger partial charge in [0.2, 0.25) is 11.8 Å². The normalized spacial score (nSPS) is 17.3. The number of hydrogen-bond acceptors (Lipinski definition) is 13. The zero-order valence-electron chi connectivity index (χ0n) is 35.9. The summed E-state index contributed by atoms with van der Waals surface area (Å²) in [5.74, 6) is 0.893. The largest absolute Gasteiger partial charge is 0.496 e. The molecule has 65 heavy (non-hydrogen) atoms. The summed E-state index contributed by atoms with van der Waals surface area (Å²) in [6.45, 7) is 7.79. The Balaban J connectivity index is 0.000000603. The Hall–Kier alpha value is -7.47. The first-order valence-electron chi connectivity index (χ1n) is 21.7. The number of piperidine rings is 1. The molecule has 3 saturated heterocycles. The molecule has 3 aromatic carbocycles. The van der Waals surface area contributed by atoms with E-state index in [0.717, 1.165) is 92.1 Å². The lowest BCUT2D eigenvalue weighted by atomic mass is 10.1. The van der Waals surface area contributed by atoms with Gasteiger partial charge in [-0.25, -0.2) is 24.0 Å². The average Bonchev–Trinajstić information content (AvgIpc) is 4.06. The molecule has 0 radical (unpaired) electrons. The number of aromatic nitrogens is 5. The maximum Gasteiger partial charge on any atom is 0.255 e. The lowest BCUT2D eigenvalue weighted by Gasteiger charge is -2.37. The summed E-state index contributed by atoms with van der Waals surface area (Å²) in [4.78, 5) is 66.5. The molecule has 18 heteroatoms. The SMILES string of the molecule is COc1ccc(F)cc1C(=O)NCc1ccc(-c2nn(-c3ccc(N4CCC(CN5CCN(c6ccc7c(c6)CNC7=O)CC5)C4)nc3)c3ncnc(N)c23)cc1.O=C1CCCC(=O)N1. The fourth-order valence-electron chi connectivity index (χ4n) is 8.81. The highest BCUT2D eigenvalue weighted by molar-refractivity contribution is 6.00. The van der Waals surface area contributed by atoms with Crippen molar-refractivity contribution in [2.24, 2.45) is 5.92 Å². The van der Waals surface area contributed by atoms with Crippen molar-refractivity contribution in [3.05, 3.63) is 113 Å². The molecule has 3 aromatic heterocycles. The summed E-state index contributed by atoms with van der Waals surface area (Å²) in [5.41, 5.74) is 13.2. The molecule has 0 saturated carbocycles. The number of anilines is 3. The number of nitrogens with zero attached hydrogens (tertiary/aromatic N) is 8. The fraction of sp³-hybridized carbons (Fsp3) is 0.319. The predicted molar refractivity (Wildman–Crippen MR) is 242 cm³/mol. The van der Waals surface area contributed by atoms with E-state index >= 15 is 0 Å². The zero-order chi connectivity index (χ0) is 45.0. The molecule has 6 aromatic rings. The van der Waals surface area contributed by atoms with Gasteiger partial charge in [0.15, 0.2) is 5.65 Å². The number of methoxy groups -OCH3 is 1. The second-order valence-electron chi connectivity index (χ2n) is 16.6. The second-order valence-corrected chi connectivity index (χ2v) is 16.6. The van der Waals surface area contributed by atoms with Gasteiger partial charge in [0, 0.05) is 88.6 Å². The number of ether oxygens (including phenoxy) is 1. The van der Waals surface area contributed by atoms with Crippen LogP contribution in [0.5, 0.6) is 5.75 Å². The van der Waals surface area contributed by atoms with E-state index in [4.69, 9.17) is 20.6 Å². The van der Waals surface area contributed by atoms with Crippen LogP contribution in [0.4, 0.5) is 21.7 Å². The van der Waals surface area contributed by atoms with Crippen LogP contribution in [0.15, 0.2) is 85.3 Å². The van der Waals surface area contributed by atoms with E-state index in [1.165, 1.54) is 31.3 Å². The number of nitrogens with one attached hydrogen (secondary N) is 3. The van der Waals surface area contributed by atoms with E-state index in [1.807, 2.05) is 48.7 Å². The van der Waals surface area contributed by atoms with Crippen LogP contribution in [0.25, 0.3) is 28.0 Å². The van der Waals surface area contributed by atoms with Crippen LogP contribution in [-0.4, -0.2) is 106 Å². The Morgan fingerprint density at radius 2 is 1.68 bits per heavy atom. The highest BCUT2D eigenvalue weighted by Gasteiger charge is 2.28. The number of amides is 4. The summed E-state index contributed by atoms with van der Waals surface area (Å²) >= 11 is 0. The number of carbonyl (C=O) groups excluding carboxylic acids is 4. The van der Waals surface area contributed by atoms with Crippen LogP contribution in [-0.2, 0) is 22.7 Å². The number of piperazine rings is 1. The number of nitrogen functional groups attached to an aromatic ring is 1. The molecule has 5 N–H and O–H groups in total. The van der Waals surface area contributed by atoms with E-state index in [0.29, 0.717) is 60.0 Å². The van der Waals surface area contributed by atoms with Crippen molar-refractivity contribution in [1.29, 1.82) is 0 Å². The summed E-state index contributed by atoms with van der Waals surface area (Å²) in [7, 11) is 1.44. The van der Waals surface area contributed by atoms with Gasteiger partial charge < -0.3 is 30.9 Å². The van der Waals surface area contributed by atoms with E-state index in [1.54, 1.807) is 4.68 Å². The molecule has 17 nitrogen and oxygen atoms in total. The number of nitrogens with two attached hydrogens (primary N) is 1. The predicted octanol–water partition coefficient (Wildman–Crippen LogP) is 4.24. The zero-order valence-corrected chi connectivity index (χ0v) is 35.9. The minimum Gasteiger partial charge on any atom is -0.496 e. The maximum absolute atomic E-state index is 13.8. The molecule has 1 unspecified atom stereocenters. The number of pyridine rings is 1. The molecular weight excluding hydrogens is 832 g/mol. The average molecular weight is 881 g/mol. The standard InChI is InChI=1S/C42H42FN11O3.C5H7NO2/c1-57-35-10-6-30(43)19-34(35)42(56)46-20-26-2-4-28(5-3-26)38-37-39(44)48-25-49-40(37)54(50-38)32-8-11-36(45-22-32)53-13-12-27(24-53)23-51-14-16-52(17-15-51)31-7-9-33-29(18-31)21-47-41(33)55;7-4-2-1-3-5(8)6-4/h2-11,18-19,22,25,27H,12-17,20-21,23-24H2,1H3,(H,46,56)(H,47,55)(H2,44,48,49);1-3H2,(H,6,7,8). The smallest absolute Gasteiger partial charge is 0.255 e. The first-order chi connectivity index (χ1) is 31.6. The lowest BCUT2D eigenvalue weighted by Crippen LogP contribution is -2.48. The number of imide groups is 1. The van der Waals surface area contributed by atoms with E-state index < -0.39 is 11.7 Å². The van der Waals surface area contributed by atoms with Gasteiger partial charge in [-0.1, -0.05) is 24.3 Å². The Morgan fingerprint density at radius 1 is 0.892 bits per heavy atom. The van der Waals surface area contributed by atoms with E-state index in [9.17, 15) is 23.6 Å². The molecule has 3 fully saturated rings. The highest BCUT2D eigenvalue weighted by atomic mass is 19.1. The molecule has 1 atom stereocenters. The number of rotatable bonds is 10. The molecular formula is C47H49FN12O5. The van der Waals surface area contributed by atoms with Crippen molar-refractivity contribution in [2.45, 2.75) is 38.8 Å². The van der Waals surface area contributed by atoms with Crippen LogP contribution in [0, 0.1) is 11.7 Å². The van der Waals surface area contributed by atoms with Crippen molar-refractivity contribution >= 4 is 52.0 Å². The van der Waals surface area contributed by atoms with Crippen molar-refractivity contribution in [2.75, 3.05) is 68.5 Å². The summed E-state index contributed by atoms with van der Waals surface area (Å²) < 4.78 is 20.8. The molecule has 0 spiro atoms. The van der Waals surface area contributed by atoms with Gasteiger partial charge in [0.05, 0.1) is 29.9 Å². The number of hydrogen-bond donors (Lipinski definition) is 4. The monoisotopic (exact) mass is 880 g/mol. The number of carbonyl (C=O) groups is 4. The van der Waals surface area contributed by atoms with Gasteiger partial charge in [-0.15, -0.1) is 0 Å². The minimum atomic E-state index is -0.517. The molecule has 334 valence electrons. The third kappa shape index (κ3) is 9.43. The minimum absolute atomic E-state index is 0.0223. The number of fused-ring (bicyclic) bond motifs is 2. The van der Waals surface area contributed by atoms with Crippen LogP contribution in [0.1, 0.15) is 57.5 Å². The number of halogens is 1. The molecule has 4 aliphatic rings. The van der Waals surface area contributed by atoms with Gasteiger partial charge in [-0.3, -0.25) is 29.4 Å². The van der Waals surface area contributed by atoms with Crippen LogP contribution < -0.4 is 36.2 Å². The summed E-state index contributed by atoms with van der Waals surface area (Å²) in [6.07, 6.45) is 6.09. The van der Waals surface area contributed by atoms with Gasteiger partial charge in [0.25, 0.3) is 11.8 Å². The Bertz CT molecular complexity index is 2740. The van der Waals surface area contributed by atoms with Crippen LogP contribution >= 0.6 is 0 Å². The molecule has 4 amide bonds. The van der Waals surface area contributed by atoms with Gasteiger partial charge in [-0.2, -0.15) is 5.10 Å². The molecule has 0 aliphatic carbocycles. The highest BCUT2D eigenvalue weighted by Crippen LogP contribution is 2.33. The van der Waals surface area contributed by atoms with Crippen LogP contribution in [0.2, 0.25) is 0 Å². The van der Waals surface area contributed by atoms with Crippen molar-refractivity contribution < 1.29 is 28.3 Å². The van der Waals surface area contributed by atoms with E-state index in [-0.39, 0.29) is 29.8 Å². The second kappa shape index (κ2) is 18.7. The van der Waals surface area contributed by atoms with Crippen molar-refractivity contribution in [3.63, 3.8) is 0 Å². The molecule has 7 heterocycles. The van der Waals surface area contributed by atoms with Gasteiger partial charge in [0.1, 0.15) is 35.2 Å². The topological polar surface area (TPSA) is 206 Å². The Kier molecular flexibility index (Phi) is 12.3. The molecule has 4 aliphatic heterocycles. The third-order valence-corrected chi connectivity index (χ3v) is 12.3. The van der Waals surface area contributed by atoms with E-state index in [2.05, 4.69) is 52.8 Å². The van der Waals surface area contributed by atoms with Crippen LogP contribution in [0.3, 0.4) is 0 Å². The molecule has 0 bridgehead atoms. The maximum atomic E-state index is 13.8. The number of benzene rings is 3. The summed E-state index contributed by atoms with van der Waals surface area (Å²) in [5, 5.41) is 13.5. The first-order valence-corrected chi connectivity index (χ1v) is 21.7. The van der Waals surface area contributed by atoms with Gasteiger partial charge >= 0.3 is 0 Å². The fourth-order valence-corrected chi connectivity index (χ4v) is 8.81. The third-order valence-electron chi connectivity index (χ3n) is 12.3. The lowest BCUT2D eigenvalue weighted by molar-refractivity contribution is -0.132. The first kappa shape index (κ1) is 42.8. The van der Waals surface area contributed by atoms with Crippen molar-refractivity contribution in [1.82, 2.24) is 45.6 Å². The Labute approximate surface area is 374 Å². The van der Waals surface area contributed by atoms with Crippen molar-refractivity contribution in [3.8, 4) is 22.7 Å². The quantitative estimate of drug-likeness (QED) is 0.142. The van der Waals surface area contributed by atoms with Gasteiger partial charge in [-0.05, 0) is 78.4 Å². The summed E-state index contributed by atoms with van der Waals surface area (Å²) in [6, 6.07) is 21.7.